The van der Waals surface area contributed by atoms with Gasteiger partial charge in [-0.15, -0.1) is 0 Å². The highest BCUT2D eigenvalue weighted by Gasteiger charge is 2.04. The van der Waals surface area contributed by atoms with Gasteiger partial charge in [0.15, 0.2) is 0 Å². The van der Waals surface area contributed by atoms with Crippen molar-refractivity contribution in [3.63, 3.8) is 0 Å². The molecule has 3 nitrogen and oxygen atoms in total. The summed E-state index contributed by atoms with van der Waals surface area (Å²) in [6.07, 6.45) is 0.924. The standard InChI is InChI=1S/C11H15BrN2O/c1-3-8(2)13-11(15)14-10-6-4-9(12)5-7-10/h4-8H,3H2,1-2H3,(H2,13,14,15)/t8-/m0/s1. The second kappa shape index (κ2) is 5.75. The highest BCUT2D eigenvalue weighted by Crippen LogP contribution is 2.13. The molecule has 0 unspecified atom stereocenters. The number of rotatable bonds is 3. The predicted octanol–water partition coefficient (Wildman–Crippen LogP) is 3.37. The lowest BCUT2D eigenvalue weighted by atomic mass is 10.3. The summed E-state index contributed by atoms with van der Waals surface area (Å²) in [5.41, 5.74) is 0.791. The molecule has 0 aromatic heterocycles. The monoisotopic (exact) mass is 270 g/mol. The fraction of sp³-hybridized carbons (Fsp3) is 0.364. The second-order valence-corrected chi connectivity index (χ2v) is 4.33. The first kappa shape index (κ1) is 12.0. The van der Waals surface area contributed by atoms with E-state index in [1.807, 2.05) is 38.1 Å². The average molecular weight is 271 g/mol. The Balaban J connectivity index is 2.48. The van der Waals surface area contributed by atoms with Gasteiger partial charge in [-0.05, 0) is 37.6 Å². The first-order chi connectivity index (χ1) is 7.11. The first-order valence-corrected chi connectivity index (χ1v) is 5.74. The normalized spacial score (nSPS) is 11.9. The van der Waals surface area contributed by atoms with Crippen LogP contribution in [0.3, 0.4) is 0 Å². The molecular formula is C11H15BrN2O. The van der Waals surface area contributed by atoms with Gasteiger partial charge in [0.1, 0.15) is 0 Å². The van der Waals surface area contributed by atoms with E-state index in [1.54, 1.807) is 0 Å². The highest BCUT2D eigenvalue weighted by molar-refractivity contribution is 9.10. The summed E-state index contributed by atoms with van der Waals surface area (Å²) in [6, 6.07) is 7.50. The molecule has 1 aromatic rings. The number of nitrogens with one attached hydrogen (secondary N) is 2. The molecule has 2 N–H and O–H groups in total. The summed E-state index contributed by atoms with van der Waals surface area (Å²) < 4.78 is 0.996. The van der Waals surface area contributed by atoms with Crippen LogP contribution in [0.25, 0.3) is 0 Å². The van der Waals surface area contributed by atoms with Crippen LogP contribution in [-0.4, -0.2) is 12.1 Å². The van der Waals surface area contributed by atoms with E-state index in [-0.39, 0.29) is 12.1 Å². The highest BCUT2D eigenvalue weighted by atomic mass is 79.9. The maximum atomic E-state index is 11.4. The van der Waals surface area contributed by atoms with Crippen LogP contribution < -0.4 is 10.6 Å². The Hall–Kier alpha value is -1.03. The molecule has 0 bridgehead atoms. The van der Waals surface area contributed by atoms with Crippen LogP contribution in [0.4, 0.5) is 10.5 Å². The van der Waals surface area contributed by atoms with E-state index >= 15 is 0 Å². The zero-order valence-electron chi connectivity index (χ0n) is 8.88. The van der Waals surface area contributed by atoms with Gasteiger partial charge in [-0.3, -0.25) is 0 Å². The van der Waals surface area contributed by atoms with Gasteiger partial charge >= 0.3 is 6.03 Å². The number of amides is 2. The molecule has 0 spiro atoms. The third-order valence-corrected chi connectivity index (χ3v) is 2.62. The van der Waals surface area contributed by atoms with Crippen molar-refractivity contribution < 1.29 is 4.79 Å². The molecule has 1 aromatic carbocycles. The predicted molar refractivity (Wildman–Crippen MR) is 66.0 cm³/mol. The molecule has 0 saturated carbocycles. The second-order valence-electron chi connectivity index (χ2n) is 3.41. The van der Waals surface area contributed by atoms with E-state index in [1.165, 1.54) is 0 Å². The smallest absolute Gasteiger partial charge is 0.319 e. The molecule has 1 rings (SSSR count). The topological polar surface area (TPSA) is 41.1 Å². The van der Waals surface area contributed by atoms with Crippen LogP contribution in [-0.2, 0) is 0 Å². The summed E-state index contributed by atoms with van der Waals surface area (Å²) in [7, 11) is 0. The van der Waals surface area contributed by atoms with Crippen molar-refractivity contribution in [2.24, 2.45) is 0 Å². The molecular weight excluding hydrogens is 256 g/mol. The first-order valence-electron chi connectivity index (χ1n) is 4.95. The third kappa shape index (κ3) is 4.34. The quantitative estimate of drug-likeness (QED) is 0.869. The lowest BCUT2D eigenvalue weighted by molar-refractivity contribution is 0.249. The molecule has 2 amide bonds. The molecule has 4 heteroatoms. The van der Waals surface area contributed by atoms with Crippen LogP contribution in [0.2, 0.25) is 0 Å². The van der Waals surface area contributed by atoms with Crippen LogP contribution in [0.1, 0.15) is 20.3 Å². The van der Waals surface area contributed by atoms with Gasteiger partial charge in [0.25, 0.3) is 0 Å². The lowest BCUT2D eigenvalue weighted by Crippen LogP contribution is -2.35. The van der Waals surface area contributed by atoms with Gasteiger partial charge in [0.2, 0.25) is 0 Å². The summed E-state index contributed by atoms with van der Waals surface area (Å²) in [6.45, 7) is 4.01. The third-order valence-electron chi connectivity index (χ3n) is 2.09. The van der Waals surface area contributed by atoms with Crippen molar-refractivity contribution in [2.45, 2.75) is 26.3 Å². The van der Waals surface area contributed by atoms with Gasteiger partial charge in [0.05, 0.1) is 0 Å². The van der Waals surface area contributed by atoms with E-state index < -0.39 is 0 Å². The maximum Gasteiger partial charge on any atom is 0.319 e. The van der Waals surface area contributed by atoms with E-state index in [2.05, 4.69) is 26.6 Å². The van der Waals surface area contributed by atoms with Gasteiger partial charge in [0, 0.05) is 16.2 Å². The van der Waals surface area contributed by atoms with Crippen molar-refractivity contribution in [1.82, 2.24) is 5.32 Å². The van der Waals surface area contributed by atoms with Gasteiger partial charge < -0.3 is 10.6 Å². The Morgan fingerprint density at radius 3 is 2.53 bits per heavy atom. The molecule has 82 valence electrons. The van der Waals surface area contributed by atoms with Crippen LogP contribution in [0, 0.1) is 0 Å². The van der Waals surface area contributed by atoms with E-state index in [4.69, 9.17) is 0 Å². The molecule has 0 radical (unpaired) electrons. The number of urea groups is 1. The van der Waals surface area contributed by atoms with Crippen LogP contribution >= 0.6 is 15.9 Å². The summed E-state index contributed by atoms with van der Waals surface area (Å²) >= 11 is 3.33. The molecule has 0 aliphatic carbocycles. The maximum absolute atomic E-state index is 11.4. The Kier molecular flexibility index (Phi) is 4.62. The Labute approximate surface area is 98.4 Å². The number of halogens is 1. The van der Waals surface area contributed by atoms with Crippen molar-refractivity contribution in [3.05, 3.63) is 28.7 Å². The summed E-state index contributed by atoms with van der Waals surface area (Å²) in [5.74, 6) is 0. The van der Waals surface area contributed by atoms with E-state index in [0.29, 0.717) is 0 Å². The Morgan fingerprint density at radius 1 is 1.40 bits per heavy atom. The molecule has 1 atom stereocenters. The van der Waals surface area contributed by atoms with Crippen LogP contribution in [0.5, 0.6) is 0 Å². The minimum absolute atomic E-state index is 0.160. The SMILES string of the molecule is CC[C@H](C)NC(=O)Nc1ccc(Br)cc1. The van der Waals surface area contributed by atoms with Crippen molar-refractivity contribution >= 4 is 27.6 Å². The number of carbonyl (C=O) groups excluding carboxylic acids is 1. The largest absolute Gasteiger partial charge is 0.335 e. The summed E-state index contributed by atoms with van der Waals surface area (Å²) in [5, 5.41) is 5.59. The van der Waals surface area contributed by atoms with Gasteiger partial charge in [-0.25, -0.2) is 4.79 Å². The minimum Gasteiger partial charge on any atom is -0.335 e. The van der Waals surface area contributed by atoms with Gasteiger partial charge in [-0.2, -0.15) is 0 Å². The number of hydrogen-bond acceptors (Lipinski definition) is 1. The molecule has 0 aliphatic heterocycles. The fourth-order valence-corrected chi connectivity index (χ4v) is 1.29. The van der Waals surface area contributed by atoms with Crippen molar-refractivity contribution in [1.29, 1.82) is 0 Å². The van der Waals surface area contributed by atoms with Crippen molar-refractivity contribution in [3.8, 4) is 0 Å². The van der Waals surface area contributed by atoms with Gasteiger partial charge in [-0.1, -0.05) is 22.9 Å². The van der Waals surface area contributed by atoms with Crippen LogP contribution in [0.15, 0.2) is 28.7 Å². The zero-order valence-corrected chi connectivity index (χ0v) is 10.5. The van der Waals surface area contributed by atoms with E-state index in [0.717, 1.165) is 16.6 Å². The lowest BCUT2D eigenvalue weighted by Gasteiger charge is -2.12. The molecule has 0 aliphatic rings. The molecule has 15 heavy (non-hydrogen) atoms. The number of benzene rings is 1. The fourth-order valence-electron chi connectivity index (χ4n) is 1.03. The molecule has 0 heterocycles. The number of anilines is 1. The van der Waals surface area contributed by atoms with E-state index in [9.17, 15) is 4.79 Å². The van der Waals surface area contributed by atoms with Crippen molar-refractivity contribution in [2.75, 3.05) is 5.32 Å². The Morgan fingerprint density at radius 2 is 2.00 bits per heavy atom. The minimum atomic E-state index is -0.160. The summed E-state index contributed by atoms with van der Waals surface area (Å²) in [4.78, 5) is 11.4. The number of hydrogen-bond donors (Lipinski definition) is 2. The zero-order chi connectivity index (χ0) is 11.3. The average Bonchev–Trinajstić information content (AvgIpc) is 2.21. The molecule has 0 saturated heterocycles. The molecule has 0 fully saturated rings. The number of carbonyl (C=O) groups is 1. The Bertz CT molecular complexity index is 324.